The zero-order valence-electron chi connectivity index (χ0n) is 22.7. The van der Waals surface area contributed by atoms with E-state index in [9.17, 15) is 4.79 Å². The SMILES string of the molecule is CCCCCCCOc1c(\C(=C/C=C/C(C)=C/C(=O)O)CCCC)cc(C(C)C)cc1C(C)C. The Morgan fingerprint density at radius 2 is 1.65 bits per heavy atom. The molecule has 1 aromatic rings. The second-order valence-electron chi connectivity index (χ2n) is 9.94. The maximum absolute atomic E-state index is 11.0. The fourth-order valence-corrected chi connectivity index (χ4v) is 3.95. The van der Waals surface area contributed by atoms with Crippen LogP contribution in [0.25, 0.3) is 5.57 Å². The number of hydrogen-bond donors (Lipinski definition) is 1. The molecule has 0 unspecified atom stereocenters. The van der Waals surface area contributed by atoms with Gasteiger partial charge in [-0.1, -0.05) is 97.9 Å². The minimum Gasteiger partial charge on any atom is -0.493 e. The van der Waals surface area contributed by atoms with Crippen LogP contribution in [-0.2, 0) is 4.79 Å². The first-order chi connectivity index (χ1) is 16.2. The smallest absolute Gasteiger partial charge is 0.328 e. The van der Waals surface area contributed by atoms with Crippen molar-refractivity contribution in [3.05, 3.63) is 58.7 Å². The van der Waals surface area contributed by atoms with Gasteiger partial charge >= 0.3 is 5.97 Å². The van der Waals surface area contributed by atoms with Crippen molar-refractivity contribution in [3.63, 3.8) is 0 Å². The van der Waals surface area contributed by atoms with Crippen molar-refractivity contribution in [2.75, 3.05) is 6.61 Å². The minimum absolute atomic E-state index is 0.372. The highest BCUT2D eigenvalue weighted by Crippen LogP contribution is 2.39. The first-order valence-electron chi connectivity index (χ1n) is 13.3. The number of carboxylic acid groups (broad SMARTS) is 1. The predicted octanol–water partition coefficient (Wildman–Crippen LogP) is 9.44. The molecule has 0 heterocycles. The van der Waals surface area contributed by atoms with Crippen molar-refractivity contribution in [1.82, 2.24) is 0 Å². The maximum atomic E-state index is 11.0. The molecule has 3 heteroatoms. The summed E-state index contributed by atoms with van der Waals surface area (Å²) in [5.41, 5.74) is 5.79. The van der Waals surface area contributed by atoms with E-state index < -0.39 is 5.97 Å². The van der Waals surface area contributed by atoms with E-state index in [2.05, 4.69) is 59.8 Å². The zero-order valence-corrected chi connectivity index (χ0v) is 22.7. The molecule has 0 saturated heterocycles. The molecule has 34 heavy (non-hydrogen) atoms. The molecule has 0 saturated carbocycles. The van der Waals surface area contributed by atoms with Gasteiger partial charge in [-0.05, 0) is 66.4 Å². The average Bonchev–Trinajstić information content (AvgIpc) is 2.77. The number of aliphatic carboxylic acids is 1. The van der Waals surface area contributed by atoms with Gasteiger partial charge in [0.05, 0.1) is 6.61 Å². The molecule has 190 valence electrons. The van der Waals surface area contributed by atoms with E-state index in [0.717, 1.165) is 43.6 Å². The highest BCUT2D eigenvalue weighted by atomic mass is 16.5. The van der Waals surface area contributed by atoms with Gasteiger partial charge < -0.3 is 9.84 Å². The highest BCUT2D eigenvalue weighted by molar-refractivity contribution is 5.81. The minimum atomic E-state index is -0.918. The summed E-state index contributed by atoms with van der Waals surface area (Å²) in [4.78, 5) is 11.0. The summed E-state index contributed by atoms with van der Waals surface area (Å²) in [6.45, 7) is 16.0. The molecule has 0 aliphatic carbocycles. The monoisotopic (exact) mass is 468 g/mol. The fourth-order valence-electron chi connectivity index (χ4n) is 3.95. The largest absolute Gasteiger partial charge is 0.493 e. The molecule has 0 atom stereocenters. The molecule has 0 bridgehead atoms. The normalized spacial score (nSPS) is 12.9. The van der Waals surface area contributed by atoms with Crippen molar-refractivity contribution in [1.29, 1.82) is 0 Å². The zero-order chi connectivity index (χ0) is 25.5. The molecule has 1 rings (SSSR count). The van der Waals surface area contributed by atoms with Gasteiger partial charge in [0.2, 0.25) is 0 Å². The van der Waals surface area contributed by atoms with Gasteiger partial charge in [0.25, 0.3) is 0 Å². The molecular formula is C31H48O3. The van der Waals surface area contributed by atoms with Crippen LogP contribution in [0.5, 0.6) is 5.75 Å². The van der Waals surface area contributed by atoms with E-state index in [1.807, 2.05) is 19.1 Å². The standard InChI is InChI=1S/C31H48O3/c1-8-10-12-13-14-19-34-31-28(24(5)6)21-27(23(3)4)22-29(31)26(17-11-9-2)18-15-16-25(7)20-30(32)33/h15-16,18,20-24H,8-14,17,19H2,1-7H3,(H,32,33)/b16-15+,25-20+,26-18-. The Morgan fingerprint density at radius 1 is 0.971 bits per heavy atom. The summed E-state index contributed by atoms with van der Waals surface area (Å²) < 4.78 is 6.53. The predicted molar refractivity (Wildman–Crippen MR) is 147 cm³/mol. The van der Waals surface area contributed by atoms with Gasteiger partial charge in [-0.15, -0.1) is 0 Å². The Hall–Kier alpha value is -2.29. The lowest BCUT2D eigenvalue weighted by molar-refractivity contribution is -0.131. The molecule has 1 aromatic carbocycles. The number of carbonyl (C=O) groups is 1. The Morgan fingerprint density at radius 3 is 2.24 bits per heavy atom. The second-order valence-corrected chi connectivity index (χ2v) is 9.94. The van der Waals surface area contributed by atoms with Crippen molar-refractivity contribution < 1.29 is 14.6 Å². The molecule has 0 aliphatic heterocycles. The summed E-state index contributed by atoms with van der Waals surface area (Å²) in [5, 5.41) is 9.00. The molecule has 0 aromatic heterocycles. The number of rotatable bonds is 16. The molecular weight excluding hydrogens is 420 g/mol. The van der Waals surface area contributed by atoms with Gasteiger partial charge in [0, 0.05) is 11.6 Å². The van der Waals surface area contributed by atoms with Crippen LogP contribution in [0, 0.1) is 0 Å². The number of carboxylic acids is 1. The van der Waals surface area contributed by atoms with Crippen LogP contribution in [0.1, 0.15) is 128 Å². The summed E-state index contributed by atoms with van der Waals surface area (Å²) in [7, 11) is 0. The van der Waals surface area contributed by atoms with Gasteiger partial charge in [0.15, 0.2) is 0 Å². The van der Waals surface area contributed by atoms with Gasteiger partial charge in [0.1, 0.15) is 5.75 Å². The molecule has 0 fully saturated rings. The molecule has 0 radical (unpaired) electrons. The Kier molecular flexibility index (Phi) is 14.3. The highest BCUT2D eigenvalue weighted by Gasteiger charge is 2.19. The van der Waals surface area contributed by atoms with Crippen LogP contribution in [0.2, 0.25) is 0 Å². The lowest BCUT2D eigenvalue weighted by Crippen LogP contribution is -2.07. The van der Waals surface area contributed by atoms with Crippen LogP contribution in [0.3, 0.4) is 0 Å². The number of allylic oxidation sites excluding steroid dienone is 5. The fraction of sp³-hybridized carbons (Fsp3) is 0.581. The van der Waals surface area contributed by atoms with Gasteiger partial charge in [-0.2, -0.15) is 0 Å². The average molecular weight is 469 g/mol. The number of hydrogen-bond acceptors (Lipinski definition) is 2. The summed E-state index contributed by atoms with van der Waals surface area (Å²) >= 11 is 0. The third-order valence-electron chi connectivity index (χ3n) is 6.08. The van der Waals surface area contributed by atoms with Crippen molar-refractivity contribution in [2.24, 2.45) is 0 Å². The number of benzene rings is 1. The Balaban J connectivity index is 3.45. The molecule has 0 spiro atoms. The summed E-state index contributed by atoms with van der Waals surface area (Å²) in [6, 6.07) is 4.65. The van der Waals surface area contributed by atoms with E-state index in [-0.39, 0.29) is 0 Å². The Bertz CT molecular complexity index is 840. The summed E-state index contributed by atoms with van der Waals surface area (Å²) in [6.07, 6.45) is 16.5. The van der Waals surface area contributed by atoms with E-state index in [0.29, 0.717) is 11.8 Å². The molecule has 3 nitrogen and oxygen atoms in total. The van der Waals surface area contributed by atoms with Gasteiger partial charge in [-0.25, -0.2) is 4.79 Å². The van der Waals surface area contributed by atoms with Gasteiger partial charge in [-0.3, -0.25) is 0 Å². The quantitative estimate of drug-likeness (QED) is 0.149. The number of unbranched alkanes of at least 4 members (excludes halogenated alkanes) is 5. The van der Waals surface area contributed by atoms with E-state index in [4.69, 9.17) is 9.84 Å². The van der Waals surface area contributed by atoms with Crippen LogP contribution >= 0.6 is 0 Å². The van der Waals surface area contributed by atoms with Crippen molar-refractivity contribution in [3.8, 4) is 5.75 Å². The van der Waals surface area contributed by atoms with Crippen molar-refractivity contribution >= 4 is 11.5 Å². The Labute approximate surface area is 209 Å². The third-order valence-corrected chi connectivity index (χ3v) is 6.08. The number of ether oxygens (including phenoxy) is 1. The first kappa shape index (κ1) is 29.7. The van der Waals surface area contributed by atoms with E-state index in [1.165, 1.54) is 54.0 Å². The maximum Gasteiger partial charge on any atom is 0.328 e. The van der Waals surface area contributed by atoms with Crippen LogP contribution in [0.4, 0.5) is 0 Å². The second kappa shape index (κ2) is 16.4. The van der Waals surface area contributed by atoms with Crippen LogP contribution in [0.15, 0.2) is 42.0 Å². The molecule has 0 aliphatic rings. The molecule has 0 amide bonds. The lowest BCUT2D eigenvalue weighted by Gasteiger charge is -2.23. The molecule has 1 N–H and O–H groups in total. The first-order valence-corrected chi connectivity index (χ1v) is 13.3. The van der Waals surface area contributed by atoms with Crippen LogP contribution in [-0.4, -0.2) is 17.7 Å². The topological polar surface area (TPSA) is 46.5 Å². The van der Waals surface area contributed by atoms with Crippen LogP contribution < -0.4 is 4.74 Å². The van der Waals surface area contributed by atoms with E-state index in [1.54, 1.807) is 0 Å². The lowest BCUT2D eigenvalue weighted by atomic mass is 9.88. The summed E-state index contributed by atoms with van der Waals surface area (Å²) in [5.74, 6) is 0.918. The third kappa shape index (κ3) is 10.8. The van der Waals surface area contributed by atoms with Crippen molar-refractivity contribution in [2.45, 2.75) is 112 Å². The van der Waals surface area contributed by atoms with E-state index >= 15 is 0 Å².